The van der Waals surface area contributed by atoms with Crippen LogP contribution < -0.4 is 9.80 Å². The molecular formula is C31H32BrF6N5. The normalized spacial score (nSPS) is 17.8. The van der Waals surface area contributed by atoms with Crippen molar-refractivity contribution >= 4 is 38.6 Å². The van der Waals surface area contributed by atoms with Crippen LogP contribution in [0.2, 0.25) is 0 Å². The molecule has 1 atom stereocenters. The van der Waals surface area contributed by atoms with Gasteiger partial charge in [0.2, 0.25) is 5.95 Å². The molecule has 0 saturated heterocycles. The molecule has 1 unspecified atom stereocenters. The summed E-state index contributed by atoms with van der Waals surface area (Å²) < 4.78 is 82.8. The summed E-state index contributed by atoms with van der Waals surface area (Å²) in [6, 6.07) is 7.88. The highest BCUT2D eigenvalue weighted by molar-refractivity contribution is 9.10. The van der Waals surface area contributed by atoms with Crippen LogP contribution in [0, 0.1) is 18.8 Å². The van der Waals surface area contributed by atoms with E-state index in [0.29, 0.717) is 16.9 Å². The molecule has 0 radical (unpaired) electrons. The molecule has 1 aromatic carbocycles. The Labute approximate surface area is 254 Å². The van der Waals surface area contributed by atoms with Gasteiger partial charge >= 0.3 is 12.4 Å². The van der Waals surface area contributed by atoms with Gasteiger partial charge in [-0.1, -0.05) is 30.7 Å². The van der Waals surface area contributed by atoms with Gasteiger partial charge in [0.25, 0.3) is 0 Å². The lowest BCUT2D eigenvalue weighted by Crippen LogP contribution is -2.36. The maximum Gasteiger partial charge on any atom is 0.416 e. The minimum absolute atomic E-state index is 0.145. The highest BCUT2D eigenvalue weighted by atomic mass is 79.9. The lowest BCUT2D eigenvalue weighted by atomic mass is 9.85. The molecule has 2 heterocycles. The minimum atomic E-state index is -4.91. The van der Waals surface area contributed by atoms with Gasteiger partial charge in [0.15, 0.2) is 0 Å². The smallest absolute Gasteiger partial charge is 0.356 e. The molecule has 12 heteroatoms. The number of para-hydroxylation sites is 1. The fourth-order valence-corrected chi connectivity index (χ4v) is 5.88. The second kappa shape index (κ2) is 12.5. The Morgan fingerprint density at radius 1 is 0.977 bits per heavy atom. The van der Waals surface area contributed by atoms with Crippen molar-refractivity contribution in [1.82, 2.24) is 15.0 Å². The Hall–Kier alpha value is -3.15. The fourth-order valence-electron chi connectivity index (χ4n) is 5.68. The van der Waals surface area contributed by atoms with Gasteiger partial charge in [-0.3, -0.25) is 0 Å². The summed E-state index contributed by atoms with van der Waals surface area (Å²) >= 11 is 3.30. The zero-order valence-electron chi connectivity index (χ0n) is 23.8. The van der Waals surface area contributed by atoms with Gasteiger partial charge in [0.05, 0.1) is 15.6 Å². The molecule has 43 heavy (non-hydrogen) atoms. The van der Waals surface area contributed by atoms with E-state index in [9.17, 15) is 26.3 Å². The number of allylic oxidation sites excluding steroid dienone is 3. The van der Waals surface area contributed by atoms with Crippen LogP contribution in [-0.2, 0) is 6.54 Å². The van der Waals surface area contributed by atoms with E-state index < -0.39 is 35.8 Å². The number of anilines is 2. The van der Waals surface area contributed by atoms with Crippen LogP contribution in [0.3, 0.4) is 0 Å². The summed E-state index contributed by atoms with van der Waals surface area (Å²) in [5.41, 5.74) is 0.161. The summed E-state index contributed by atoms with van der Waals surface area (Å²) in [5.74, 6) is 0.422. The molecule has 5 rings (SSSR count). The molecule has 0 amide bonds. The van der Waals surface area contributed by atoms with E-state index in [1.54, 1.807) is 4.90 Å². The molecule has 2 aliphatic rings. The third-order valence-electron chi connectivity index (χ3n) is 8.11. The van der Waals surface area contributed by atoms with Crippen LogP contribution in [0.5, 0.6) is 0 Å². The van der Waals surface area contributed by atoms with Crippen molar-refractivity contribution in [3.8, 4) is 0 Å². The zero-order chi connectivity index (χ0) is 30.9. The molecule has 0 aliphatic heterocycles. The lowest BCUT2D eigenvalue weighted by molar-refractivity contribution is -0.0999. The van der Waals surface area contributed by atoms with E-state index >= 15 is 0 Å². The summed E-state index contributed by atoms with van der Waals surface area (Å²) in [4.78, 5) is 17.7. The first-order valence-corrected chi connectivity index (χ1v) is 15.0. The molecule has 2 aromatic heterocycles. The van der Waals surface area contributed by atoms with Gasteiger partial charge in [-0.2, -0.15) is 26.3 Å². The van der Waals surface area contributed by atoms with Crippen molar-refractivity contribution in [3.05, 3.63) is 75.6 Å². The van der Waals surface area contributed by atoms with Gasteiger partial charge in [-0.15, -0.1) is 0 Å². The van der Waals surface area contributed by atoms with E-state index in [4.69, 9.17) is 4.98 Å². The SMILES string of the molecule is CCN(CC1CCC1)c1nc2c(C)cccc2cc1CN(CC1C=C(C(F)(F)F)C=C(C(F)(F)F)C1)c1ncc(Br)cn1. The number of nitrogens with zero attached hydrogens (tertiary/aromatic N) is 5. The molecule has 230 valence electrons. The summed E-state index contributed by atoms with van der Waals surface area (Å²) in [5, 5.41) is 0.898. The van der Waals surface area contributed by atoms with Gasteiger partial charge in [0.1, 0.15) is 5.82 Å². The number of hydrogen-bond acceptors (Lipinski definition) is 5. The van der Waals surface area contributed by atoms with E-state index in [1.807, 2.05) is 31.2 Å². The number of halogens is 7. The topological polar surface area (TPSA) is 45.2 Å². The average Bonchev–Trinajstić information content (AvgIpc) is 2.92. The molecule has 0 N–H and O–H groups in total. The van der Waals surface area contributed by atoms with Gasteiger partial charge in [-0.05, 0) is 78.6 Å². The maximum atomic E-state index is 13.7. The number of fused-ring (bicyclic) bond motifs is 1. The van der Waals surface area contributed by atoms with Crippen molar-refractivity contribution in [2.45, 2.75) is 58.4 Å². The first-order chi connectivity index (χ1) is 20.3. The number of pyridine rings is 1. The summed E-state index contributed by atoms with van der Waals surface area (Å²) in [7, 11) is 0. The number of aryl methyl sites for hydroxylation is 1. The molecule has 0 bridgehead atoms. The molecular weight excluding hydrogens is 636 g/mol. The number of hydrogen-bond donors (Lipinski definition) is 0. The van der Waals surface area contributed by atoms with Crippen molar-refractivity contribution < 1.29 is 26.3 Å². The first kappa shape index (κ1) is 31.3. The number of rotatable bonds is 9. The Balaban J connectivity index is 1.56. The third kappa shape index (κ3) is 7.33. The van der Waals surface area contributed by atoms with E-state index in [0.717, 1.165) is 53.3 Å². The monoisotopic (exact) mass is 667 g/mol. The maximum absolute atomic E-state index is 13.7. The second-order valence-electron chi connectivity index (χ2n) is 11.3. The van der Waals surface area contributed by atoms with Crippen LogP contribution in [-0.4, -0.2) is 46.9 Å². The lowest BCUT2D eigenvalue weighted by Gasteiger charge is -2.35. The van der Waals surface area contributed by atoms with E-state index in [1.165, 1.54) is 18.8 Å². The Morgan fingerprint density at radius 3 is 2.30 bits per heavy atom. The predicted octanol–water partition coefficient (Wildman–Crippen LogP) is 8.73. The minimum Gasteiger partial charge on any atom is -0.356 e. The zero-order valence-corrected chi connectivity index (χ0v) is 25.4. The predicted molar refractivity (Wildman–Crippen MR) is 159 cm³/mol. The number of aromatic nitrogens is 3. The van der Waals surface area contributed by atoms with Crippen LogP contribution in [0.25, 0.3) is 10.9 Å². The Bertz CT molecular complexity index is 1510. The standard InChI is InChI=1S/C31H32BrF6N5/c1-3-42(16-20-7-5-8-20)28-23(12-22-9-4-6-19(2)27(22)41-28)18-43(29-39-14-26(32)15-40-29)17-21-10-24(30(33,34)35)13-25(11-21)31(36,37)38/h4,6,9-10,12-15,20-21H,3,5,7-8,11,16-18H2,1-2H3. The highest BCUT2D eigenvalue weighted by Gasteiger charge is 2.42. The van der Waals surface area contributed by atoms with Crippen molar-refractivity contribution in [2.75, 3.05) is 29.4 Å². The molecule has 1 fully saturated rings. The van der Waals surface area contributed by atoms with Gasteiger partial charge in [-0.25, -0.2) is 15.0 Å². The first-order valence-electron chi connectivity index (χ1n) is 14.2. The van der Waals surface area contributed by atoms with Crippen LogP contribution >= 0.6 is 15.9 Å². The van der Waals surface area contributed by atoms with Gasteiger partial charge < -0.3 is 9.80 Å². The average molecular weight is 669 g/mol. The van der Waals surface area contributed by atoms with Crippen molar-refractivity contribution in [1.29, 1.82) is 0 Å². The van der Waals surface area contributed by atoms with Crippen LogP contribution in [0.4, 0.5) is 38.1 Å². The summed E-state index contributed by atoms with van der Waals surface area (Å²) in [6.45, 7) is 5.55. The fraction of sp³-hybridized carbons (Fsp3) is 0.452. The van der Waals surface area contributed by atoms with Crippen LogP contribution in [0.15, 0.2) is 64.4 Å². The summed E-state index contributed by atoms with van der Waals surface area (Å²) in [6.07, 6.45) is -2.79. The van der Waals surface area contributed by atoms with Gasteiger partial charge in [0, 0.05) is 55.1 Å². The molecule has 3 aromatic rings. The quantitative estimate of drug-likeness (QED) is 0.214. The number of alkyl halides is 6. The second-order valence-corrected chi connectivity index (χ2v) is 12.2. The van der Waals surface area contributed by atoms with E-state index in [-0.39, 0.29) is 25.1 Å². The highest BCUT2D eigenvalue weighted by Crippen LogP contribution is 2.41. The molecule has 2 aliphatic carbocycles. The third-order valence-corrected chi connectivity index (χ3v) is 8.52. The van der Waals surface area contributed by atoms with Crippen LogP contribution in [0.1, 0.15) is 43.7 Å². The Morgan fingerprint density at radius 2 is 1.70 bits per heavy atom. The van der Waals surface area contributed by atoms with Crippen molar-refractivity contribution in [2.24, 2.45) is 11.8 Å². The Kier molecular flexibility index (Phi) is 9.06. The van der Waals surface area contributed by atoms with E-state index in [2.05, 4.69) is 37.7 Å². The number of benzene rings is 1. The largest absolute Gasteiger partial charge is 0.416 e. The van der Waals surface area contributed by atoms with Crippen molar-refractivity contribution in [3.63, 3.8) is 0 Å². The molecule has 5 nitrogen and oxygen atoms in total. The molecule has 1 saturated carbocycles. The molecule has 0 spiro atoms.